The van der Waals surface area contributed by atoms with E-state index in [0.29, 0.717) is 18.6 Å². The number of allylic oxidation sites excluding steroid dienone is 2. The third-order valence-electron chi connectivity index (χ3n) is 8.74. The zero-order valence-corrected chi connectivity index (χ0v) is 25.3. The Bertz CT molecular complexity index is 1230. The number of amides is 1. The Balaban J connectivity index is 1.41. The zero-order valence-electron chi connectivity index (χ0n) is 25.3. The summed E-state index contributed by atoms with van der Waals surface area (Å²) in [5, 5.41) is 3.37. The topological polar surface area (TPSA) is 116 Å². The first kappa shape index (κ1) is 30.7. The van der Waals surface area contributed by atoms with Gasteiger partial charge in [0.05, 0.1) is 23.6 Å². The summed E-state index contributed by atoms with van der Waals surface area (Å²) in [6.45, 7) is 7.85. The molecule has 2 heterocycles. The van der Waals surface area contributed by atoms with Gasteiger partial charge in [-0.3, -0.25) is 14.6 Å². The highest BCUT2D eigenvalue weighted by Crippen LogP contribution is 2.59. The van der Waals surface area contributed by atoms with Crippen LogP contribution in [0, 0.1) is 11.3 Å². The SMILES string of the molecule is CCC(=O)CCCCCC[C@H](NC(=O)[C@H]1CC12CCN(C)CC2)c1ncc(-c2ccc(N=C(C)/C=C(/C)N)cc2)[nH]1. The van der Waals surface area contributed by atoms with Crippen molar-refractivity contribution in [3.8, 4) is 11.3 Å². The zero-order chi connectivity index (χ0) is 29.4. The van der Waals surface area contributed by atoms with Gasteiger partial charge in [0.25, 0.3) is 0 Å². The number of likely N-dealkylation sites (tertiary alicyclic amines) is 1. The molecule has 2 atom stereocenters. The lowest BCUT2D eigenvalue weighted by Crippen LogP contribution is -2.36. The molecule has 4 N–H and O–H groups in total. The van der Waals surface area contributed by atoms with Gasteiger partial charge >= 0.3 is 0 Å². The van der Waals surface area contributed by atoms with Gasteiger partial charge in [-0.05, 0) is 95.3 Å². The van der Waals surface area contributed by atoms with E-state index in [1.54, 1.807) is 0 Å². The molecule has 1 saturated heterocycles. The molecule has 0 bridgehead atoms. The van der Waals surface area contributed by atoms with Crippen LogP contribution in [0.4, 0.5) is 5.69 Å². The molecule has 1 amide bonds. The van der Waals surface area contributed by atoms with Crippen molar-refractivity contribution in [1.82, 2.24) is 20.2 Å². The van der Waals surface area contributed by atoms with Crippen molar-refractivity contribution in [2.75, 3.05) is 20.1 Å². The van der Waals surface area contributed by atoms with Crippen molar-refractivity contribution in [2.45, 2.75) is 91.0 Å². The number of hydrogen-bond donors (Lipinski definition) is 3. The van der Waals surface area contributed by atoms with Gasteiger partial charge in [-0.1, -0.05) is 38.3 Å². The fourth-order valence-electron chi connectivity index (χ4n) is 6.03. The normalized spacial score (nSPS) is 19.8. The monoisotopic (exact) mass is 560 g/mol. The lowest BCUT2D eigenvalue weighted by atomic mass is 9.91. The van der Waals surface area contributed by atoms with Crippen LogP contribution in [0.3, 0.4) is 0 Å². The molecule has 1 spiro atoms. The third-order valence-corrected chi connectivity index (χ3v) is 8.74. The van der Waals surface area contributed by atoms with Gasteiger partial charge < -0.3 is 20.9 Å². The Hall–Kier alpha value is -3.26. The highest BCUT2D eigenvalue weighted by Gasteiger charge is 2.58. The van der Waals surface area contributed by atoms with Gasteiger partial charge in [0.1, 0.15) is 11.6 Å². The Morgan fingerprint density at radius 1 is 1.17 bits per heavy atom. The number of nitrogens with two attached hydrogens (primary N) is 1. The van der Waals surface area contributed by atoms with Crippen LogP contribution in [0.1, 0.15) is 96.8 Å². The van der Waals surface area contributed by atoms with Gasteiger partial charge in [-0.25, -0.2) is 4.98 Å². The number of aromatic nitrogens is 2. The number of carbonyl (C=O) groups excluding carboxylic acids is 2. The van der Waals surface area contributed by atoms with E-state index in [2.05, 4.69) is 27.2 Å². The van der Waals surface area contributed by atoms with Crippen LogP contribution in [0.15, 0.2) is 47.2 Å². The Labute approximate surface area is 245 Å². The molecule has 2 aromatic rings. The maximum absolute atomic E-state index is 13.4. The van der Waals surface area contributed by atoms with E-state index < -0.39 is 0 Å². The van der Waals surface area contributed by atoms with Crippen molar-refractivity contribution >= 4 is 23.1 Å². The summed E-state index contributed by atoms with van der Waals surface area (Å²) in [7, 11) is 2.16. The molecule has 8 nitrogen and oxygen atoms in total. The van der Waals surface area contributed by atoms with Crippen LogP contribution < -0.4 is 11.1 Å². The van der Waals surface area contributed by atoms with Gasteiger partial charge in [0.15, 0.2) is 0 Å². The van der Waals surface area contributed by atoms with Crippen LogP contribution in [0.2, 0.25) is 0 Å². The average molecular weight is 561 g/mol. The number of benzene rings is 1. The number of ketones is 1. The van der Waals surface area contributed by atoms with E-state index in [0.717, 1.165) is 98.6 Å². The lowest BCUT2D eigenvalue weighted by molar-refractivity contribution is -0.124. The number of unbranched alkanes of at least 4 members (excludes halogenated alkanes) is 3. The highest BCUT2D eigenvalue weighted by molar-refractivity contribution is 5.95. The molecule has 0 radical (unpaired) electrons. The summed E-state index contributed by atoms with van der Waals surface area (Å²) in [4.78, 5) is 40.2. The molecule has 0 unspecified atom stereocenters. The molecular weight excluding hydrogens is 512 g/mol. The number of H-pyrrole nitrogens is 1. The van der Waals surface area contributed by atoms with E-state index in [1.807, 2.05) is 57.3 Å². The van der Waals surface area contributed by atoms with E-state index in [4.69, 9.17) is 10.7 Å². The first-order valence-corrected chi connectivity index (χ1v) is 15.3. The molecule has 2 fully saturated rings. The second-order valence-electron chi connectivity index (χ2n) is 12.2. The summed E-state index contributed by atoms with van der Waals surface area (Å²) < 4.78 is 0. The smallest absolute Gasteiger partial charge is 0.224 e. The maximum Gasteiger partial charge on any atom is 0.224 e. The summed E-state index contributed by atoms with van der Waals surface area (Å²) in [5.41, 5.74) is 10.3. The fourth-order valence-corrected chi connectivity index (χ4v) is 6.03. The molecule has 2 aliphatic rings. The minimum Gasteiger partial charge on any atom is -0.402 e. The van der Waals surface area contributed by atoms with E-state index in [1.165, 1.54) is 0 Å². The van der Waals surface area contributed by atoms with Gasteiger partial charge in [-0.15, -0.1) is 0 Å². The molecule has 1 saturated carbocycles. The quantitative estimate of drug-likeness (QED) is 0.187. The van der Waals surface area contributed by atoms with Crippen LogP contribution in [0.25, 0.3) is 11.3 Å². The number of aromatic amines is 1. The number of Topliss-reactive ketones (excluding diaryl/α,β-unsaturated/α-hetero) is 1. The van der Waals surface area contributed by atoms with E-state index in [9.17, 15) is 9.59 Å². The lowest BCUT2D eigenvalue weighted by Gasteiger charge is -2.30. The Morgan fingerprint density at radius 2 is 1.88 bits per heavy atom. The number of hydrogen-bond acceptors (Lipinski definition) is 6. The summed E-state index contributed by atoms with van der Waals surface area (Å²) >= 11 is 0. The number of carbonyl (C=O) groups is 2. The van der Waals surface area contributed by atoms with Crippen molar-refractivity contribution < 1.29 is 9.59 Å². The standard InChI is InChI=1S/C33H48N6O2/c1-5-27(40)10-8-6-7-9-11-29(38-32(41)28-21-33(28)16-18-39(4)19-17-33)31-35-22-30(37-31)25-12-14-26(15-13-25)36-24(3)20-23(2)34/h12-15,20,22,28-29H,5-11,16-19,21,34H2,1-4H3,(H,35,37)(H,38,41)/b23-20-,36-24?/t28-,29+/m1/s1. The van der Waals surface area contributed by atoms with Crippen LogP contribution in [-0.2, 0) is 9.59 Å². The van der Waals surface area contributed by atoms with E-state index >= 15 is 0 Å². The molecular formula is C33H48N6O2. The largest absolute Gasteiger partial charge is 0.402 e. The minimum absolute atomic E-state index is 0.114. The molecule has 222 valence electrons. The van der Waals surface area contributed by atoms with Crippen molar-refractivity contribution in [3.63, 3.8) is 0 Å². The van der Waals surface area contributed by atoms with Crippen LogP contribution in [-0.4, -0.2) is 52.4 Å². The second-order valence-corrected chi connectivity index (χ2v) is 12.2. The van der Waals surface area contributed by atoms with Crippen molar-refractivity contribution in [3.05, 3.63) is 48.1 Å². The first-order valence-electron chi connectivity index (χ1n) is 15.3. The first-order chi connectivity index (χ1) is 19.7. The summed E-state index contributed by atoms with van der Waals surface area (Å²) in [5.74, 6) is 1.42. The van der Waals surface area contributed by atoms with Crippen LogP contribution >= 0.6 is 0 Å². The molecule has 1 aliphatic heterocycles. The van der Waals surface area contributed by atoms with Crippen molar-refractivity contribution in [1.29, 1.82) is 0 Å². The molecule has 1 aromatic carbocycles. The average Bonchev–Trinajstić information content (AvgIpc) is 3.42. The fraction of sp³-hybridized carbons (Fsp3) is 0.576. The number of nitrogens with one attached hydrogen (secondary N) is 2. The Kier molecular flexibility index (Phi) is 10.5. The van der Waals surface area contributed by atoms with Crippen molar-refractivity contribution in [2.24, 2.45) is 22.1 Å². The van der Waals surface area contributed by atoms with Gasteiger partial charge in [0.2, 0.25) is 5.91 Å². The summed E-state index contributed by atoms with van der Waals surface area (Å²) in [6.07, 6.45) is 13.0. The molecule has 4 rings (SSSR count). The maximum atomic E-state index is 13.4. The Morgan fingerprint density at radius 3 is 2.56 bits per heavy atom. The molecule has 1 aromatic heterocycles. The number of aliphatic imine (C=N–C) groups is 1. The molecule has 41 heavy (non-hydrogen) atoms. The highest BCUT2D eigenvalue weighted by atomic mass is 16.2. The van der Waals surface area contributed by atoms with Gasteiger partial charge in [-0.2, -0.15) is 0 Å². The number of rotatable bonds is 14. The number of nitrogens with zero attached hydrogens (tertiary/aromatic N) is 3. The third kappa shape index (κ3) is 8.62. The summed E-state index contributed by atoms with van der Waals surface area (Å²) in [6, 6.07) is 7.87. The van der Waals surface area contributed by atoms with E-state index in [-0.39, 0.29) is 23.3 Å². The molecule has 1 aliphatic carbocycles. The second kappa shape index (κ2) is 14.1. The predicted octanol–water partition coefficient (Wildman–Crippen LogP) is 6.24. The minimum atomic E-state index is -0.157. The predicted molar refractivity (Wildman–Crippen MR) is 166 cm³/mol. The molecule has 8 heteroatoms. The number of piperidine rings is 1. The number of imidazole rings is 1. The van der Waals surface area contributed by atoms with Crippen LogP contribution in [0.5, 0.6) is 0 Å². The van der Waals surface area contributed by atoms with Gasteiger partial charge in [0, 0.05) is 30.2 Å².